The number of rotatable bonds is 4. The van der Waals surface area contributed by atoms with E-state index in [1.165, 1.54) is 19.1 Å². The number of allylic oxidation sites excluding steroid dienone is 2. The summed E-state index contributed by atoms with van der Waals surface area (Å²) in [5, 5.41) is 8.16. The number of hydrogen-bond donors (Lipinski definition) is 1. The zero-order chi connectivity index (χ0) is 23.2. The molecule has 0 bridgehead atoms. The van der Waals surface area contributed by atoms with E-state index in [1.807, 2.05) is 6.92 Å². The zero-order valence-electron chi connectivity index (χ0n) is 16.9. The molecular formula is C20H21F7N2O. The predicted octanol–water partition coefficient (Wildman–Crippen LogP) is 6.21. The molecule has 30 heavy (non-hydrogen) atoms. The first-order chi connectivity index (χ1) is 13.7. The molecule has 166 valence electrons. The van der Waals surface area contributed by atoms with Gasteiger partial charge in [0, 0.05) is 19.2 Å². The van der Waals surface area contributed by atoms with Gasteiger partial charge in [-0.2, -0.15) is 17.6 Å². The molecule has 1 aromatic carbocycles. The summed E-state index contributed by atoms with van der Waals surface area (Å²) in [4.78, 5) is 1.61. The maximum Gasteiger partial charge on any atom is 0.416 e. The average Bonchev–Trinajstić information content (AvgIpc) is 2.65. The monoisotopic (exact) mass is 438 g/mol. The summed E-state index contributed by atoms with van der Waals surface area (Å²) in [5.41, 5.74) is -1.17. The second kappa shape index (κ2) is 7.96. The van der Waals surface area contributed by atoms with Crippen molar-refractivity contribution in [1.82, 2.24) is 4.90 Å². The van der Waals surface area contributed by atoms with Gasteiger partial charge in [-0.3, -0.25) is 5.41 Å². The highest BCUT2D eigenvalue weighted by Crippen LogP contribution is 2.51. The van der Waals surface area contributed by atoms with Crippen molar-refractivity contribution in [2.75, 3.05) is 13.6 Å². The van der Waals surface area contributed by atoms with Crippen LogP contribution in [0.3, 0.4) is 0 Å². The standard InChI is InChI=1S/C20H21F7N2O/c1-6-29(5)18(28)12-7-10(3)13(8-9(12)2)30-19(24)11(4)14(20(25,26)27)15(21)16(22)17(19)23/h7-8,11,28H,6H2,1-5H3. The zero-order valence-corrected chi connectivity index (χ0v) is 16.9. The fourth-order valence-corrected chi connectivity index (χ4v) is 3.11. The summed E-state index contributed by atoms with van der Waals surface area (Å²) in [6.07, 6.45) is -5.43. The lowest BCUT2D eigenvalue weighted by molar-refractivity contribution is -0.138. The van der Waals surface area contributed by atoms with E-state index in [1.54, 1.807) is 18.9 Å². The summed E-state index contributed by atoms with van der Waals surface area (Å²) in [6, 6.07) is 2.64. The third-order valence-corrected chi connectivity index (χ3v) is 5.11. The molecule has 0 aliphatic heterocycles. The molecule has 0 spiro atoms. The molecule has 0 heterocycles. The maximum atomic E-state index is 15.4. The van der Waals surface area contributed by atoms with Crippen LogP contribution in [0.2, 0.25) is 0 Å². The van der Waals surface area contributed by atoms with Crippen LogP contribution in [0.25, 0.3) is 0 Å². The third-order valence-electron chi connectivity index (χ3n) is 5.11. The van der Waals surface area contributed by atoms with Crippen molar-refractivity contribution in [3.63, 3.8) is 0 Å². The number of ether oxygens (including phenoxy) is 1. The number of nitrogens with one attached hydrogen (secondary N) is 1. The quantitative estimate of drug-likeness (QED) is 0.345. The molecule has 3 nitrogen and oxygen atoms in total. The van der Waals surface area contributed by atoms with E-state index >= 15 is 4.39 Å². The van der Waals surface area contributed by atoms with Crippen LogP contribution in [0, 0.1) is 25.2 Å². The van der Waals surface area contributed by atoms with Gasteiger partial charge in [0.1, 0.15) is 11.6 Å². The molecular weight excluding hydrogens is 417 g/mol. The fourth-order valence-electron chi connectivity index (χ4n) is 3.11. The Morgan fingerprint density at radius 3 is 2.20 bits per heavy atom. The van der Waals surface area contributed by atoms with Gasteiger partial charge in [-0.1, -0.05) is 6.92 Å². The summed E-state index contributed by atoms with van der Waals surface area (Å²) in [7, 11) is 1.67. The number of amidine groups is 1. The lowest BCUT2D eigenvalue weighted by atomic mass is 9.86. The van der Waals surface area contributed by atoms with Gasteiger partial charge < -0.3 is 9.64 Å². The topological polar surface area (TPSA) is 36.3 Å². The van der Waals surface area contributed by atoms with Crippen LogP contribution in [-0.2, 0) is 0 Å². The first-order valence-electron chi connectivity index (χ1n) is 8.98. The highest BCUT2D eigenvalue weighted by Gasteiger charge is 2.59. The minimum Gasteiger partial charge on any atom is -0.451 e. The molecule has 10 heteroatoms. The van der Waals surface area contributed by atoms with Crippen LogP contribution in [0.1, 0.15) is 30.5 Å². The Kier molecular flexibility index (Phi) is 6.30. The summed E-state index contributed by atoms with van der Waals surface area (Å²) < 4.78 is 102. The van der Waals surface area contributed by atoms with Crippen molar-refractivity contribution >= 4 is 5.84 Å². The number of nitrogens with zero attached hydrogens (tertiary/aromatic N) is 1. The van der Waals surface area contributed by atoms with Crippen LogP contribution in [-0.4, -0.2) is 36.4 Å². The van der Waals surface area contributed by atoms with Crippen molar-refractivity contribution in [1.29, 1.82) is 5.41 Å². The second-order valence-corrected chi connectivity index (χ2v) is 7.12. The minimum atomic E-state index is -5.43. The van der Waals surface area contributed by atoms with E-state index in [2.05, 4.69) is 0 Å². The molecule has 1 aliphatic rings. The Morgan fingerprint density at radius 2 is 1.70 bits per heavy atom. The van der Waals surface area contributed by atoms with E-state index in [0.717, 1.165) is 0 Å². The lowest BCUT2D eigenvalue weighted by Crippen LogP contribution is -2.45. The van der Waals surface area contributed by atoms with Gasteiger partial charge in [-0.15, -0.1) is 0 Å². The average molecular weight is 438 g/mol. The molecule has 2 rings (SSSR count). The van der Waals surface area contributed by atoms with Gasteiger partial charge in [0.2, 0.25) is 5.83 Å². The summed E-state index contributed by atoms with van der Waals surface area (Å²) >= 11 is 0. The fraction of sp³-hybridized carbons (Fsp3) is 0.450. The SMILES string of the molecule is CCN(C)C(=N)c1cc(C)c(OC2(F)C(F)=C(F)C(F)=C(C(F)(F)F)C2C)cc1C. The molecule has 0 saturated carbocycles. The van der Waals surface area contributed by atoms with Crippen molar-refractivity contribution in [3.8, 4) is 5.75 Å². The van der Waals surface area contributed by atoms with Crippen molar-refractivity contribution < 1.29 is 35.5 Å². The maximum absolute atomic E-state index is 15.4. The number of benzene rings is 1. The molecule has 0 aromatic heterocycles. The van der Waals surface area contributed by atoms with Crippen LogP contribution >= 0.6 is 0 Å². The largest absolute Gasteiger partial charge is 0.451 e. The van der Waals surface area contributed by atoms with Gasteiger partial charge >= 0.3 is 12.0 Å². The van der Waals surface area contributed by atoms with Crippen LogP contribution in [0.5, 0.6) is 5.75 Å². The number of halogens is 7. The molecule has 1 aromatic rings. The van der Waals surface area contributed by atoms with Gasteiger partial charge in [0.25, 0.3) is 0 Å². The highest BCUT2D eigenvalue weighted by atomic mass is 19.4. The Morgan fingerprint density at radius 1 is 1.13 bits per heavy atom. The van der Waals surface area contributed by atoms with Gasteiger partial charge in [0.15, 0.2) is 11.7 Å². The van der Waals surface area contributed by atoms with Crippen LogP contribution in [0.15, 0.2) is 35.2 Å². The molecule has 1 aliphatic carbocycles. The molecule has 0 amide bonds. The summed E-state index contributed by atoms with van der Waals surface area (Å²) in [6.45, 7) is 5.86. The molecule has 0 radical (unpaired) electrons. The van der Waals surface area contributed by atoms with Crippen molar-refractivity contribution in [3.05, 3.63) is 51.9 Å². The lowest BCUT2D eigenvalue weighted by Gasteiger charge is -2.36. The summed E-state index contributed by atoms with van der Waals surface area (Å²) in [5.74, 6) is -14.1. The smallest absolute Gasteiger partial charge is 0.416 e. The van der Waals surface area contributed by atoms with Gasteiger partial charge in [0.05, 0.1) is 11.5 Å². The highest BCUT2D eigenvalue weighted by molar-refractivity contribution is 5.98. The first-order valence-corrected chi connectivity index (χ1v) is 8.98. The van der Waals surface area contributed by atoms with Gasteiger partial charge in [-0.05, 0) is 44.0 Å². The second-order valence-electron chi connectivity index (χ2n) is 7.12. The van der Waals surface area contributed by atoms with Crippen molar-refractivity contribution in [2.45, 2.75) is 39.7 Å². The van der Waals surface area contributed by atoms with Crippen LogP contribution in [0.4, 0.5) is 30.7 Å². The van der Waals surface area contributed by atoms with E-state index in [-0.39, 0.29) is 17.1 Å². The van der Waals surface area contributed by atoms with E-state index in [0.29, 0.717) is 24.6 Å². The van der Waals surface area contributed by atoms with E-state index in [4.69, 9.17) is 10.1 Å². The third kappa shape index (κ3) is 3.91. The number of aryl methyl sites for hydroxylation is 2. The number of hydrogen-bond acceptors (Lipinski definition) is 2. The Balaban J connectivity index is 2.54. The first kappa shape index (κ1) is 23.8. The number of alkyl halides is 4. The molecule has 2 atom stereocenters. The molecule has 2 unspecified atom stereocenters. The minimum absolute atomic E-state index is 0.132. The molecule has 0 saturated heterocycles. The molecule has 0 fully saturated rings. The van der Waals surface area contributed by atoms with Crippen LogP contribution < -0.4 is 4.74 Å². The molecule has 1 N–H and O–H groups in total. The Bertz CT molecular complexity index is 936. The van der Waals surface area contributed by atoms with E-state index in [9.17, 15) is 26.3 Å². The predicted molar refractivity (Wildman–Crippen MR) is 98.1 cm³/mol. The Hall–Kier alpha value is -2.52. The Labute approximate surface area is 169 Å². The van der Waals surface area contributed by atoms with Crippen molar-refractivity contribution in [2.24, 2.45) is 5.92 Å². The normalized spacial score (nSPS) is 22.5. The van der Waals surface area contributed by atoms with E-state index < -0.39 is 41.0 Å². The van der Waals surface area contributed by atoms with Gasteiger partial charge in [-0.25, -0.2) is 13.2 Å².